The van der Waals surface area contributed by atoms with Crippen LogP contribution in [0.3, 0.4) is 0 Å². The summed E-state index contributed by atoms with van der Waals surface area (Å²) in [6, 6.07) is 21.3. The van der Waals surface area contributed by atoms with Crippen LogP contribution in [0.15, 0.2) is 60.7 Å². The SMILES string of the molecule is CC(C)(C)OC(=O)[C@H]1[C@H](CI)[C@@H]1CO[Si](c1ccccc1)(c1ccccc1)C(C)(C)C. The van der Waals surface area contributed by atoms with Crippen molar-refractivity contribution in [2.24, 2.45) is 17.8 Å². The summed E-state index contributed by atoms with van der Waals surface area (Å²) in [5.41, 5.74) is -0.459. The Bertz CT molecular complexity index is 832. The molecule has 0 amide bonds. The molecule has 3 rings (SSSR count). The zero-order valence-electron chi connectivity index (χ0n) is 19.5. The van der Waals surface area contributed by atoms with E-state index in [9.17, 15) is 4.79 Å². The second-order valence-electron chi connectivity index (χ2n) is 10.5. The average molecular weight is 551 g/mol. The molecule has 1 fully saturated rings. The van der Waals surface area contributed by atoms with Crippen molar-refractivity contribution in [3.8, 4) is 0 Å². The van der Waals surface area contributed by atoms with Gasteiger partial charge in [-0.05, 0) is 48.0 Å². The van der Waals surface area contributed by atoms with Crippen molar-refractivity contribution in [1.82, 2.24) is 0 Å². The van der Waals surface area contributed by atoms with E-state index >= 15 is 0 Å². The maximum Gasteiger partial charge on any atom is 0.310 e. The Kier molecular flexibility index (Phi) is 7.38. The molecule has 3 nitrogen and oxygen atoms in total. The quantitative estimate of drug-likeness (QED) is 0.206. The molecule has 0 radical (unpaired) electrons. The monoisotopic (exact) mass is 550 g/mol. The minimum Gasteiger partial charge on any atom is -0.460 e. The van der Waals surface area contributed by atoms with Gasteiger partial charge in [0.2, 0.25) is 0 Å². The van der Waals surface area contributed by atoms with Gasteiger partial charge in [0.05, 0.1) is 5.92 Å². The highest BCUT2D eigenvalue weighted by Gasteiger charge is 2.58. The van der Waals surface area contributed by atoms with Gasteiger partial charge in [0.25, 0.3) is 8.32 Å². The number of hydrogen-bond donors (Lipinski definition) is 0. The summed E-state index contributed by atoms with van der Waals surface area (Å²) in [6.45, 7) is 13.2. The molecule has 0 N–H and O–H groups in total. The van der Waals surface area contributed by atoms with E-state index < -0.39 is 13.9 Å². The Balaban J connectivity index is 1.93. The standard InChI is InChI=1S/C26H35IO3Si/c1-25(2,3)30-24(28)23-21(17-27)22(23)18-29-31(26(4,5)6,19-13-9-7-10-14-19)20-15-11-8-12-16-20/h7-16,21-23H,17-18H2,1-6H3/t21-,22+,23+/m1/s1. The fourth-order valence-corrected chi connectivity index (χ4v) is 10.4. The number of carbonyl (C=O) groups is 1. The predicted molar refractivity (Wildman–Crippen MR) is 139 cm³/mol. The topological polar surface area (TPSA) is 35.5 Å². The molecule has 2 aromatic rings. The number of benzene rings is 2. The third kappa shape index (κ3) is 5.25. The molecule has 3 atom stereocenters. The lowest BCUT2D eigenvalue weighted by Crippen LogP contribution is -2.66. The minimum absolute atomic E-state index is 0.0608. The molecule has 1 aliphatic rings. The van der Waals surface area contributed by atoms with Crippen molar-refractivity contribution in [3.05, 3.63) is 60.7 Å². The molecule has 1 aliphatic carbocycles. The van der Waals surface area contributed by atoms with E-state index in [4.69, 9.17) is 9.16 Å². The summed E-state index contributed by atoms with van der Waals surface area (Å²) in [5, 5.41) is 2.48. The van der Waals surface area contributed by atoms with Crippen LogP contribution < -0.4 is 10.4 Å². The fourth-order valence-electron chi connectivity index (χ4n) is 4.58. The number of carbonyl (C=O) groups excluding carboxylic acids is 1. The van der Waals surface area contributed by atoms with E-state index in [1.165, 1.54) is 10.4 Å². The number of rotatable bonds is 7. The van der Waals surface area contributed by atoms with Gasteiger partial charge in [-0.3, -0.25) is 4.79 Å². The first-order valence-electron chi connectivity index (χ1n) is 11.0. The summed E-state index contributed by atoms with van der Waals surface area (Å²) in [4.78, 5) is 12.8. The van der Waals surface area contributed by atoms with E-state index in [0.717, 1.165) is 4.43 Å². The van der Waals surface area contributed by atoms with E-state index in [1.807, 2.05) is 20.8 Å². The van der Waals surface area contributed by atoms with Gasteiger partial charge in [0.1, 0.15) is 5.60 Å². The molecule has 31 heavy (non-hydrogen) atoms. The highest BCUT2D eigenvalue weighted by molar-refractivity contribution is 14.1. The molecular formula is C26H35IO3Si. The normalized spacial score (nSPS) is 21.6. The summed E-state index contributed by atoms with van der Waals surface area (Å²) in [6.07, 6.45) is 0. The van der Waals surface area contributed by atoms with Crippen LogP contribution in [0.25, 0.3) is 0 Å². The van der Waals surface area contributed by atoms with Gasteiger partial charge >= 0.3 is 5.97 Å². The number of ether oxygens (including phenoxy) is 1. The Labute approximate surface area is 202 Å². The summed E-state index contributed by atoms with van der Waals surface area (Å²) < 4.78 is 13.7. The van der Waals surface area contributed by atoms with Crippen LogP contribution in [0, 0.1) is 17.8 Å². The second kappa shape index (κ2) is 9.36. The van der Waals surface area contributed by atoms with Crippen LogP contribution in [0.1, 0.15) is 41.5 Å². The minimum atomic E-state index is -2.58. The van der Waals surface area contributed by atoms with Crippen molar-refractivity contribution in [3.63, 3.8) is 0 Å². The lowest BCUT2D eigenvalue weighted by atomic mass is 10.2. The van der Waals surface area contributed by atoms with Crippen molar-refractivity contribution in [2.45, 2.75) is 52.2 Å². The van der Waals surface area contributed by atoms with Crippen LogP contribution in [0.4, 0.5) is 0 Å². The summed E-state index contributed by atoms with van der Waals surface area (Å²) in [5.74, 6) is 0.404. The Morgan fingerprint density at radius 2 is 1.35 bits per heavy atom. The number of esters is 1. The van der Waals surface area contributed by atoms with Gasteiger partial charge in [-0.2, -0.15) is 0 Å². The molecule has 0 unspecified atom stereocenters. The largest absolute Gasteiger partial charge is 0.460 e. The second-order valence-corrected chi connectivity index (χ2v) is 15.7. The van der Waals surface area contributed by atoms with Crippen molar-refractivity contribution >= 4 is 47.3 Å². The zero-order valence-corrected chi connectivity index (χ0v) is 22.7. The van der Waals surface area contributed by atoms with Crippen LogP contribution in [-0.2, 0) is 14.0 Å². The highest BCUT2D eigenvalue weighted by Crippen LogP contribution is 2.50. The van der Waals surface area contributed by atoms with E-state index in [2.05, 4.69) is 104 Å². The fraction of sp³-hybridized carbons (Fsp3) is 0.500. The smallest absolute Gasteiger partial charge is 0.310 e. The lowest BCUT2D eigenvalue weighted by molar-refractivity contribution is -0.157. The molecule has 0 bridgehead atoms. The van der Waals surface area contributed by atoms with Crippen LogP contribution in [-0.4, -0.2) is 30.9 Å². The zero-order chi connectivity index (χ0) is 22.9. The van der Waals surface area contributed by atoms with Gasteiger partial charge in [-0.25, -0.2) is 0 Å². The predicted octanol–water partition coefficient (Wildman–Crippen LogP) is 5.20. The van der Waals surface area contributed by atoms with Gasteiger partial charge in [-0.1, -0.05) is 104 Å². The molecular weight excluding hydrogens is 515 g/mol. The third-order valence-electron chi connectivity index (χ3n) is 6.10. The summed E-state index contributed by atoms with van der Waals surface area (Å²) in [7, 11) is -2.58. The van der Waals surface area contributed by atoms with Gasteiger partial charge in [0, 0.05) is 11.0 Å². The third-order valence-corrected chi connectivity index (χ3v) is 12.1. The molecule has 0 aliphatic heterocycles. The van der Waals surface area contributed by atoms with Crippen molar-refractivity contribution < 1.29 is 14.0 Å². The summed E-state index contributed by atoms with van der Waals surface area (Å²) >= 11 is 2.39. The van der Waals surface area contributed by atoms with Crippen LogP contribution >= 0.6 is 22.6 Å². The highest BCUT2D eigenvalue weighted by atomic mass is 127. The Hall–Kier alpha value is -1.18. The molecule has 0 saturated heterocycles. The maximum atomic E-state index is 12.8. The van der Waals surface area contributed by atoms with Crippen molar-refractivity contribution in [2.75, 3.05) is 11.0 Å². The number of alkyl halides is 1. The number of hydrogen-bond acceptors (Lipinski definition) is 3. The maximum absolute atomic E-state index is 12.8. The molecule has 0 spiro atoms. The van der Waals surface area contributed by atoms with E-state index in [-0.39, 0.29) is 22.8 Å². The van der Waals surface area contributed by atoms with E-state index in [0.29, 0.717) is 12.5 Å². The van der Waals surface area contributed by atoms with Crippen LogP contribution in [0.2, 0.25) is 5.04 Å². The lowest BCUT2D eigenvalue weighted by Gasteiger charge is -2.43. The molecule has 2 aromatic carbocycles. The molecule has 0 heterocycles. The van der Waals surface area contributed by atoms with Gasteiger partial charge < -0.3 is 9.16 Å². The first-order chi connectivity index (χ1) is 14.5. The van der Waals surface area contributed by atoms with Gasteiger partial charge in [0.15, 0.2) is 0 Å². The van der Waals surface area contributed by atoms with E-state index in [1.54, 1.807) is 0 Å². The molecule has 5 heteroatoms. The van der Waals surface area contributed by atoms with Crippen molar-refractivity contribution in [1.29, 1.82) is 0 Å². The first kappa shape index (κ1) is 24.5. The first-order valence-corrected chi connectivity index (χ1v) is 14.5. The van der Waals surface area contributed by atoms with Crippen LogP contribution in [0.5, 0.6) is 0 Å². The average Bonchev–Trinajstić information content (AvgIpc) is 3.41. The molecule has 1 saturated carbocycles. The Morgan fingerprint density at radius 1 is 0.871 bits per heavy atom. The van der Waals surface area contributed by atoms with Gasteiger partial charge in [-0.15, -0.1) is 0 Å². The molecule has 0 aromatic heterocycles. The number of halogens is 1. The Morgan fingerprint density at radius 3 is 1.74 bits per heavy atom. The molecule has 168 valence electrons.